The second-order valence-corrected chi connectivity index (χ2v) is 19.6. The molecule has 3 aliphatic carbocycles. The molecule has 11 atom stereocenters. The third kappa shape index (κ3) is 11.5. The monoisotopic (exact) mass is 999 g/mol. The number of hydrogen-bond acceptors (Lipinski definition) is 16. The highest BCUT2D eigenvalue weighted by Gasteiger charge is 2.73. The van der Waals surface area contributed by atoms with Gasteiger partial charge in [-0.25, -0.2) is 14.4 Å². The van der Waals surface area contributed by atoms with Gasteiger partial charge in [0.15, 0.2) is 18.0 Å². The molecule has 0 spiro atoms. The van der Waals surface area contributed by atoms with Gasteiger partial charge in [0.25, 0.3) is 5.91 Å². The van der Waals surface area contributed by atoms with E-state index in [9.17, 15) is 34.5 Å². The quantitative estimate of drug-likeness (QED) is 0.0360. The number of rotatable bonds is 22. The number of ketones is 1. The molecule has 7 rings (SSSR count). The Labute approximate surface area is 419 Å². The third-order valence-corrected chi connectivity index (χ3v) is 15.0. The third-order valence-electron chi connectivity index (χ3n) is 15.0. The van der Waals surface area contributed by atoms with Crippen molar-refractivity contribution in [1.82, 2.24) is 10.6 Å². The average molecular weight is 1000 g/mol. The number of fused-ring (bicyclic) bond motifs is 5. The maximum atomic E-state index is 15.7. The lowest BCUT2D eigenvalue weighted by Crippen LogP contribution is -2.75. The molecule has 2 bridgehead atoms. The van der Waals surface area contributed by atoms with Gasteiger partial charge < -0.3 is 64.8 Å². The zero-order valence-electron chi connectivity index (χ0n) is 41.4. The van der Waals surface area contributed by atoms with Crippen LogP contribution in [0.4, 0.5) is 4.79 Å². The first kappa shape index (κ1) is 54.2. The highest BCUT2D eigenvalue weighted by atomic mass is 16.6. The van der Waals surface area contributed by atoms with Gasteiger partial charge in [-0.3, -0.25) is 9.59 Å². The Kier molecular flexibility index (Phi) is 18.1. The van der Waals surface area contributed by atoms with Gasteiger partial charge in [0.1, 0.15) is 17.8 Å². The van der Waals surface area contributed by atoms with Crippen LogP contribution in [0.25, 0.3) is 0 Å². The Morgan fingerprint density at radius 2 is 1.39 bits per heavy atom. The van der Waals surface area contributed by atoms with Crippen molar-refractivity contribution in [2.24, 2.45) is 28.4 Å². The predicted molar refractivity (Wildman–Crippen MR) is 260 cm³/mol. The number of carbonyl (C=O) groups is 5. The maximum absolute atomic E-state index is 15.7. The van der Waals surface area contributed by atoms with Gasteiger partial charge in [0.05, 0.1) is 62.3 Å². The van der Waals surface area contributed by atoms with Crippen molar-refractivity contribution >= 4 is 29.7 Å². The van der Waals surface area contributed by atoms with Crippen LogP contribution in [-0.2, 0) is 42.7 Å². The number of hydrogen-bond donors (Lipinski definition) is 6. The first-order valence-electron chi connectivity index (χ1n) is 24.7. The van der Waals surface area contributed by atoms with E-state index >= 15 is 4.79 Å². The van der Waals surface area contributed by atoms with E-state index in [4.69, 9.17) is 38.9 Å². The zero-order valence-corrected chi connectivity index (χ0v) is 41.4. The highest BCUT2D eigenvalue weighted by molar-refractivity contribution is 5.96. The van der Waals surface area contributed by atoms with Crippen molar-refractivity contribution in [2.75, 3.05) is 59.3 Å². The Hall–Kier alpha value is -5.57. The van der Waals surface area contributed by atoms with Crippen LogP contribution in [0, 0.1) is 22.7 Å². The van der Waals surface area contributed by atoms with E-state index in [1.165, 1.54) is 0 Å². The Morgan fingerprint density at radius 3 is 1.99 bits per heavy atom. The number of nitrogens with two attached hydrogens (primary N) is 1. The van der Waals surface area contributed by atoms with E-state index in [1.807, 2.05) is 0 Å². The molecule has 3 aromatic rings. The number of nitrogens with one attached hydrogen (secondary N) is 2. The van der Waals surface area contributed by atoms with E-state index in [2.05, 4.69) is 10.6 Å². The molecule has 4 aliphatic rings. The summed E-state index contributed by atoms with van der Waals surface area (Å²) in [5.74, 6) is -4.96. The largest absolute Gasteiger partial charge is 0.456 e. The van der Waals surface area contributed by atoms with Crippen LogP contribution in [0.15, 0.2) is 102 Å². The molecule has 1 saturated heterocycles. The summed E-state index contributed by atoms with van der Waals surface area (Å²) in [5.41, 5.74) is 0.923. The summed E-state index contributed by atoms with van der Waals surface area (Å²) < 4.78 is 41.3. The average Bonchev–Trinajstić information content (AvgIpc) is 3.37. The molecule has 390 valence electrons. The van der Waals surface area contributed by atoms with E-state index in [-0.39, 0.29) is 48.5 Å². The minimum atomic E-state index is -2.23. The number of aliphatic hydroxyl groups excluding tert-OH is 2. The number of alkyl carbamates (subject to hydrolysis) is 1. The van der Waals surface area contributed by atoms with E-state index < -0.39 is 107 Å². The zero-order chi connectivity index (χ0) is 51.6. The lowest BCUT2D eigenvalue weighted by molar-refractivity contribution is -0.277. The summed E-state index contributed by atoms with van der Waals surface area (Å²) in [6.07, 6.45) is -9.01. The van der Waals surface area contributed by atoms with Crippen LogP contribution < -0.4 is 16.4 Å². The molecular formula is C54H69N3O15. The second kappa shape index (κ2) is 24.0. The lowest BCUT2D eigenvalue weighted by atomic mass is 9.46. The summed E-state index contributed by atoms with van der Waals surface area (Å²) >= 11 is 0. The fraction of sp³-hybridized carbons (Fsp3) is 0.537. The van der Waals surface area contributed by atoms with Crippen LogP contribution in [0.2, 0.25) is 0 Å². The number of esters is 2. The summed E-state index contributed by atoms with van der Waals surface area (Å²) in [6, 6.07) is 23.4. The molecule has 3 aromatic carbocycles. The highest BCUT2D eigenvalue weighted by Crippen LogP contribution is 2.62. The van der Waals surface area contributed by atoms with Crippen LogP contribution in [0.1, 0.15) is 85.7 Å². The Bertz CT molecular complexity index is 2370. The molecule has 0 radical (unpaired) electrons. The molecule has 1 heterocycles. The SMILES string of the molecule is CC1=C2[C@@H](OC(=O)NCCCOCCOCCOCCCN)C(=O)C3(C)C([C@@H]4COC4C[C@@H]3O)[C@H](OC(=O)c3ccccc3)[C@](O)(C[C@@H]1OC(=O)[C@H](O)[C@@H](NC(=O)c1ccccc1)c1ccccc1)C2(C)C. The number of Topliss-reactive ketones (excluding diaryl/α,β-unsaturated/α-hetero) is 1. The van der Waals surface area contributed by atoms with Gasteiger partial charge in [0.2, 0.25) is 0 Å². The lowest BCUT2D eigenvalue weighted by Gasteiger charge is -2.64. The normalized spacial score (nSPS) is 28.1. The van der Waals surface area contributed by atoms with Crippen molar-refractivity contribution in [3.8, 4) is 0 Å². The fourth-order valence-electron chi connectivity index (χ4n) is 10.8. The Balaban J connectivity index is 1.20. The number of carbonyl (C=O) groups excluding carboxylic acids is 5. The van der Waals surface area contributed by atoms with Crippen molar-refractivity contribution in [2.45, 2.75) is 102 Å². The van der Waals surface area contributed by atoms with E-state index in [1.54, 1.807) is 119 Å². The molecule has 2 saturated carbocycles. The Morgan fingerprint density at radius 1 is 0.806 bits per heavy atom. The van der Waals surface area contributed by atoms with Crippen molar-refractivity contribution < 1.29 is 72.5 Å². The number of aliphatic hydroxyl groups is 3. The topological polar surface area (TPSA) is 261 Å². The molecule has 72 heavy (non-hydrogen) atoms. The minimum absolute atomic E-state index is 0.0383. The molecule has 3 unspecified atom stereocenters. The van der Waals surface area contributed by atoms with Gasteiger partial charge in [0, 0.05) is 55.4 Å². The maximum Gasteiger partial charge on any atom is 0.408 e. The fourth-order valence-corrected chi connectivity index (χ4v) is 10.8. The standard InChI is InChI=1S/C54H69N3O15/c1-33-39(70-50(63)44(59)43(34-16-8-5-9-17-34)57-48(61)35-18-10-6-11-19-35)31-54(65)47(72-49(62)36-20-12-7-13-21-36)42-37-32-69-38(37)30-40(58)53(42,4)46(60)45(41(33)52(54,2)3)71-51(64)56-23-15-25-67-27-29-68-28-26-66-24-14-22-55/h5-13,16-21,37-40,42-45,47,58-59,65H,14-15,22-32,55H2,1-4H3,(H,56,64)(H,57,61)/t37-,38?,39+,40+,42?,43+,44-,45-,47+,53?,54-/m1/s1. The molecule has 18 nitrogen and oxygen atoms in total. The molecule has 2 amide bonds. The summed E-state index contributed by atoms with van der Waals surface area (Å²) in [7, 11) is 0. The number of amides is 2. The smallest absolute Gasteiger partial charge is 0.408 e. The molecular weight excluding hydrogens is 931 g/mol. The first-order chi connectivity index (χ1) is 34.5. The van der Waals surface area contributed by atoms with Crippen LogP contribution in [0.5, 0.6) is 0 Å². The minimum Gasteiger partial charge on any atom is -0.456 e. The van der Waals surface area contributed by atoms with Crippen molar-refractivity contribution in [3.05, 3.63) is 119 Å². The van der Waals surface area contributed by atoms with Gasteiger partial charge in [-0.2, -0.15) is 0 Å². The van der Waals surface area contributed by atoms with Gasteiger partial charge >= 0.3 is 18.0 Å². The van der Waals surface area contributed by atoms with Gasteiger partial charge in [-0.1, -0.05) is 80.6 Å². The second-order valence-electron chi connectivity index (χ2n) is 19.6. The van der Waals surface area contributed by atoms with E-state index in [0.29, 0.717) is 51.6 Å². The van der Waals surface area contributed by atoms with Crippen LogP contribution >= 0.6 is 0 Å². The van der Waals surface area contributed by atoms with Crippen molar-refractivity contribution in [1.29, 1.82) is 0 Å². The summed E-state index contributed by atoms with van der Waals surface area (Å²) in [5, 5.41) is 43.2. The van der Waals surface area contributed by atoms with Gasteiger partial charge in [-0.15, -0.1) is 0 Å². The summed E-state index contributed by atoms with van der Waals surface area (Å²) in [4.78, 5) is 71.9. The molecule has 1 aliphatic heterocycles. The molecule has 0 aromatic heterocycles. The van der Waals surface area contributed by atoms with Crippen molar-refractivity contribution in [3.63, 3.8) is 0 Å². The van der Waals surface area contributed by atoms with E-state index in [0.717, 1.165) is 6.42 Å². The number of ether oxygens (including phenoxy) is 7. The van der Waals surface area contributed by atoms with Crippen LogP contribution in [0.3, 0.4) is 0 Å². The predicted octanol–water partition coefficient (Wildman–Crippen LogP) is 4.00. The molecule has 18 heteroatoms. The first-order valence-corrected chi connectivity index (χ1v) is 24.7. The molecule has 3 fully saturated rings. The van der Waals surface area contributed by atoms with Crippen LogP contribution in [-0.4, -0.2) is 147 Å². The molecule has 7 N–H and O–H groups in total. The number of benzene rings is 3. The summed E-state index contributed by atoms with van der Waals surface area (Å²) in [6.45, 7) is 9.48. The van der Waals surface area contributed by atoms with Gasteiger partial charge in [-0.05, 0) is 74.2 Å².